The summed E-state index contributed by atoms with van der Waals surface area (Å²) in [5, 5.41) is 12.5. The third-order valence-corrected chi connectivity index (χ3v) is 7.90. The number of carbonyl (C=O) groups excluding carboxylic acids is 1. The molecular formula is C23H22FO4P. The predicted octanol–water partition coefficient (Wildman–Crippen LogP) is 3.59. The monoisotopic (exact) mass is 412 g/mol. The summed E-state index contributed by atoms with van der Waals surface area (Å²) in [7, 11) is -3.45. The van der Waals surface area contributed by atoms with Crippen LogP contribution >= 0.6 is 7.14 Å². The largest absolute Gasteiger partial charge is 0.464 e. The van der Waals surface area contributed by atoms with Gasteiger partial charge in [0.2, 0.25) is 0 Å². The fourth-order valence-corrected chi connectivity index (χ4v) is 6.17. The van der Waals surface area contributed by atoms with E-state index < -0.39 is 30.7 Å². The van der Waals surface area contributed by atoms with Gasteiger partial charge in [-0.1, -0.05) is 72.8 Å². The zero-order valence-electron chi connectivity index (χ0n) is 16.0. The van der Waals surface area contributed by atoms with Gasteiger partial charge in [0.1, 0.15) is 13.0 Å². The van der Waals surface area contributed by atoms with Crippen molar-refractivity contribution in [2.75, 3.05) is 12.8 Å². The molecule has 0 aliphatic carbocycles. The maximum atomic E-state index is 14.3. The summed E-state index contributed by atoms with van der Waals surface area (Å²) < 4.78 is 32.9. The van der Waals surface area contributed by atoms with Gasteiger partial charge in [0.05, 0.1) is 12.8 Å². The van der Waals surface area contributed by atoms with Gasteiger partial charge >= 0.3 is 5.97 Å². The first-order chi connectivity index (χ1) is 13.9. The van der Waals surface area contributed by atoms with Crippen molar-refractivity contribution >= 4 is 23.7 Å². The Labute approximate surface area is 169 Å². The molecule has 0 saturated heterocycles. The summed E-state index contributed by atoms with van der Waals surface area (Å²) in [5.41, 5.74) is -2.07. The number of esters is 1. The molecule has 0 bridgehead atoms. The lowest BCUT2D eigenvalue weighted by molar-refractivity contribution is -0.163. The summed E-state index contributed by atoms with van der Waals surface area (Å²) in [5.74, 6) is -1.42. The van der Waals surface area contributed by atoms with Crippen molar-refractivity contribution in [2.45, 2.75) is 12.5 Å². The van der Waals surface area contributed by atoms with Gasteiger partial charge in [-0.05, 0) is 24.6 Å². The highest BCUT2D eigenvalue weighted by molar-refractivity contribution is 7.78. The summed E-state index contributed by atoms with van der Waals surface area (Å²) in [6.07, 6.45) is -0.404. The van der Waals surface area contributed by atoms with Crippen molar-refractivity contribution in [3.8, 4) is 0 Å². The summed E-state index contributed by atoms with van der Waals surface area (Å²) in [6.45, 7) is 1.67. The van der Waals surface area contributed by atoms with Gasteiger partial charge in [0.15, 0.2) is 5.60 Å². The van der Waals surface area contributed by atoms with Crippen molar-refractivity contribution in [3.63, 3.8) is 0 Å². The number of hydrogen-bond donors (Lipinski definition) is 1. The Morgan fingerprint density at radius 2 is 1.41 bits per heavy atom. The topological polar surface area (TPSA) is 63.6 Å². The van der Waals surface area contributed by atoms with E-state index in [2.05, 4.69) is 0 Å². The van der Waals surface area contributed by atoms with E-state index in [0.29, 0.717) is 10.6 Å². The Balaban J connectivity index is 2.17. The second-order valence-electron chi connectivity index (χ2n) is 6.66. The van der Waals surface area contributed by atoms with Gasteiger partial charge in [0, 0.05) is 10.6 Å². The Morgan fingerprint density at radius 1 is 0.931 bits per heavy atom. The Hall–Kier alpha value is -2.75. The van der Waals surface area contributed by atoms with E-state index in [4.69, 9.17) is 4.74 Å². The van der Waals surface area contributed by atoms with Gasteiger partial charge in [-0.2, -0.15) is 0 Å². The lowest BCUT2D eigenvalue weighted by Crippen LogP contribution is -2.43. The highest BCUT2D eigenvalue weighted by Crippen LogP contribution is 2.48. The Bertz CT molecular complexity index is 963. The summed E-state index contributed by atoms with van der Waals surface area (Å²) >= 11 is 0. The number of ether oxygens (including phenoxy) is 1. The molecule has 0 fully saturated rings. The number of carbonyl (C=O) groups is 1. The van der Waals surface area contributed by atoms with Crippen LogP contribution in [0.15, 0.2) is 84.9 Å². The number of hydrogen-bond acceptors (Lipinski definition) is 4. The normalized spacial score (nSPS) is 13.5. The Morgan fingerprint density at radius 3 is 1.86 bits per heavy atom. The lowest BCUT2D eigenvalue weighted by atomic mass is 9.96. The van der Waals surface area contributed by atoms with Crippen LogP contribution in [0.4, 0.5) is 4.39 Å². The minimum atomic E-state index is -3.45. The summed E-state index contributed by atoms with van der Waals surface area (Å²) in [4.78, 5) is 12.8. The third kappa shape index (κ3) is 4.31. The van der Waals surface area contributed by atoms with Crippen LogP contribution in [-0.2, 0) is 19.7 Å². The van der Waals surface area contributed by atoms with Gasteiger partial charge in [-0.15, -0.1) is 0 Å². The fourth-order valence-electron chi connectivity index (χ4n) is 3.24. The van der Waals surface area contributed by atoms with E-state index in [9.17, 15) is 18.9 Å². The van der Waals surface area contributed by atoms with Crippen molar-refractivity contribution in [1.82, 2.24) is 0 Å². The molecule has 1 unspecified atom stereocenters. The van der Waals surface area contributed by atoms with Crippen molar-refractivity contribution < 1.29 is 23.6 Å². The molecule has 3 rings (SSSR count). The standard InChI is InChI=1S/C23H22FO4P/c1-2-28-22(25)23(26,18-13-15-19(24)16-14-18)17-29(27,20-9-5-3-6-10-20)21-11-7-4-8-12-21/h3-16,26H,2,17H2,1H3. The average Bonchev–Trinajstić information content (AvgIpc) is 2.75. The first-order valence-corrected chi connectivity index (χ1v) is 11.2. The van der Waals surface area contributed by atoms with Crippen molar-refractivity contribution in [3.05, 3.63) is 96.3 Å². The molecule has 0 radical (unpaired) electrons. The molecule has 0 amide bonds. The molecule has 0 aliphatic rings. The van der Waals surface area contributed by atoms with Crippen LogP contribution in [-0.4, -0.2) is 23.8 Å². The second-order valence-corrected chi connectivity index (χ2v) is 9.48. The lowest BCUT2D eigenvalue weighted by Gasteiger charge is -2.31. The van der Waals surface area contributed by atoms with Crippen LogP contribution in [0.25, 0.3) is 0 Å². The van der Waals surface area contributed by atoms with Crippen LogP contribution in [0.1, 0.15) is 12.5 Å². The maximum Gasteiger partial charge on any atom is 0.343 e. The number of benzene rings is 3. The Kier molecular flexibility index (Phi) is 6.31. The van der Waals surface area contributed by atoms with Crippen LogP contribution in [0, 0.1) is 5.82 Å². The van der Waals surface area contributed by atoms with Gasteiger partial charge in [-0.25, -0.2) is 9.18 Å². The van der Waals surface area contributed by atoms with E-state index in [-0.39, 0.29) is 12.2 Å². The van der Waals surface area contributed by atoms with Gasteiger partial charge in [0.25, 0.3) is 0 Å². The van der Waals surface area contributed by atoms with E-state index in [1.54, 1.807) is 67.6 Å². The van der Waals surface area contributed by atoms with Crippen LogP contribution in [0.3, 0.4) is 0 Å². The molecule has 0 aromatic heterocycles. The summed E-state index contributed by atoms with van der Waals surface area (Å²) in [6, 6.07) is 22.4. The number of aliphatic hydroxyl groups is 1. The minimum Gasteiger partial charge on any atom is -0.464 e. The van der Waals surface area contributed by atoms with Gasteiger partial charge < -0.3 is 14.4 Å². The van der Waals surface area contributed by atoms with Crippen LogP contribution < -0.4 is 10.6 Å². The van der Waals surface area contributed by atoms with Crippen LogP contribution in [0.2, 0.25) is 0 Å². The molecule has 0 aliphatic heterocycles. The molecule has 150 valence electrons. The van der Waals surface area contributed by atoms with E-state index in [1.807, 2.05) is 0 Å². The first-order valence-electron chi connectivity index (χ1n) is 9.26. The zero-order chi connectivity index (χ0) is 20.9. The average molecular weight is 412 g/mol. The van der Waals surface area contributed by atoms with Gasteiger partial charge in [-0.3, -0.25) is 0 Å². The smallest absolute Gasteiger partial charge is 0.343 e. The van der Waals surface area contributed by atoms with E-state index >= 15 is 0 Å². The molecule has 6 heteroatoms. The van der Waals surface area contributed by atoms with Crippen molar-refractivity contribution in [1.29, 1.82) is 0 Å². The molecule has 1 atom stereocenters. The predicted molar refractivity (Wildman–Crippen MR) is 112 cm³/mol. The zero-order valence-corrected chi connectivity index (χ0v) is 16.9. The molecular weight excluding hydrogens is 390 g/mol. The fraction of sp³-hybridized carbons (Fsp3) is 0.174. The molecule has 29 heavy (non-hydrogen) atoms. The van der Waals surface area contributed by atoms with E-state index in [1.165, 1.54) is 12.1 Å². The minimum absolute atomic E-state index is 0.0450. The molecule has 3 aromatic rings. The highest BCUT2D eigenvalue weighted by atomic mass is 31.2. The SMILES string of the molecule is CCOC(=O)C(O)(CP(=O)(c1ccccc1)c1ccccc1)c1ccc(F)cc1. The number of rotatable bonds is 7. The highest BCUT2D eigenvalue weighted by Gasteiger charge is 2.47. The molecule has 0 heterocycles. The molecule has 3 aromatic carbocycles. The second kappa shape index (κ2) is 8.73. The molecule has 1 N–H and O–H groups in total. The molecule has 0 spiro atoms. The first kappa shape index (κ1) is 21.0. The molecule has 4 nitrogen and oxygen atoms in total. The van der Waals surface area contributed by atoms with Crippen LogP contribution in [0.5, 0.6) is 0 Å². The molecule has 0 saturated carbocycles. The quantitative estimate of drug-likeness (QED) is 0.476. The third-order valence-electron chi connectivity index (χ3n) is 4.73. The van der Waals surface area contributed by atoms with E-state index in [0.717, 1.165) is 12.1 Å². The number of halogens is 1. The maximum absolute atomic E-state index is 14.3. The van der Waals surface area contributed by atoms with Crippen molar-refractivity contribution in [2.24, 2.45) is 0 Å².